The van der Waals surface area contributed by atoms with Crippen molar-refractivity contribution in [3.8, 4) is 0 Å². The normalized spacial score (nSPS) is 19.6. The zero-order chi connectivity index (χ0) is 54.1. The summed E-state index contributed by atoms with van der Waals surface area (Å²) < 4.78 is 7.77. The molecule has 3 heterocycles. The topological polar surface area (TPSA) is 22.9 Å². The predicted molar refractivity (Wildman–Crippen MR) is 329 cm³/mol. The molecule has 0 amide bonds. The highest BCUT2D eigenvalue weighted by atomic mass is 16.3. The molecule has 0 spiro atoms. The lowest BCUT2D eigenvalue weighted by Gasteiger charge is -2.46. The van der Waals surface area contributed by atoms with Crippen molar-refractivity contribution in [3.63, 3.8) is 0 Å². The average Bonchev–Trinajstić information content (AvgIpc) is 3.94. The Balaban J connectivity index is 1.16. The molecule has 13 rings (SSSR count). The smallest absolute Gasteiger partial charge is 0.297 e. The van der Waals surface area contributed by atoms with Crippen LogP contribution in [0.1, 0.15) is 181 Å². The van der Waals surface area contributed by atoms with Gasteiger partial charge in [0.05, 0.1) is 11.3 Å². The van der Waals surface area contributed by atoms with E-state index in [0.717, 1.165) is 54.0 Å². The Kier molecular flexibility index (Phi) is 10.8. The summed E-state index contributed by atoms with van der Waals surface area (Å²) >= 11 is 0. The summed E-state index contributed by atoms with van der Waals surface area (Å²) in [6.07, 6.45) is 6.94. The van der Waals surface area contributed by atoms with Gasteiger partial charge in [0.15, 0.2) is 0 Å². The Morgan fingerprint density at radius 2 is 0.870 bits per heavy atom. The molecule has 77 heavy (non-hydrogen) atoms. The second kappa shape index (κ2) is 16.5. The van der Waals surface area contributed by atoms with Crippen LogP contribution in [0.2, 0.25) is 0 Å². The minimum absolute atomic E-state index is 0.0188. The van der Waals surface area contributed by atoms with Crippen LogP contribution in [-0.2, 0) is 37.9 Å². The lowest BCUT2D eigenvalue weighted by atomic mass is 9.35. The van der Waals surface area contributed by atoms with Crippen LogP contribution in [0.25, 0.3) is 11.0 Å². The Morgan fingerprint density at radius 3 is 1.36 bits per heavy atom. The van der Waals surface area contributed by atoms with Gasteiger partial charge in [0.1, 0.15) is 5.58 Å². The van der Waals surface area contributed by atoms with Crippen LogP contribution in [0.5, 0.6) is 0 Å². The highest BCUT2D eigenvalue weighted by Gasteiger charge is 2.50. The van der Waals surface area contributed by atoms with E-state index in [9.17, 15) is 0 Å². The van der Waals surface area contributed by atoms with E-state index in [1.807, 2.05) is 0 Å². The Hall–Kier alpha value is -6.46. The first-order valence-corrected chi connectivity index (χ1v) is 29.0. The molecule has 7 aromatic carbocycles. The first kappa shape index (κ1) is 50.1. The summed E-state index contributed by atoms with van der Waals surface area (Å²) in [5.74, 6) is 0. The van der Waals surface area contributed by atoms with E-state index >= 15 is 0 Å². The lowest BCUT2D eigenvalue weighted by Crippen LogP contribution is -2.61. The summed E-state index contributed by atoms with van der Waals surface area (Å²) in [4.78, 5) is 7.74. The SMILES string of the molecule is CC(C)(C)c1cc2c3c(c1)N(c1ccc4c(c1)C(C)(C)CCC4(C)C)c1c(oc4cc5c(cc14)C(C)(C)CCC5(C)C)B3c1ccc(N(c3ccccc3)c3ccccc3)cc1N2c1ccc2c(c1)C(C)(C)CCC2(C)C. The standard InChI is InChI=1S/C72H80BN3O/c1-66(2,3)45-38-60-63-61(39-45)76(49-27-30-53-55(41-49)70(10,11)35-33-68(53,6)7)64-51-43-56-57(72(14,15)37-36-71(56,12)13)44-62(51)77-65(64)73(63)58-31-28-50(74(46-22-18-16-19-23-46)47-24-20-17-21-25-47)42-59(58)75(60)48-26-29-52-54(40-48)69(8,9)34-32-67(52,4)5/h16-31,38-44H,32-37H2,1-15H3. The van der Waals surface area contributed by atoms with E-state index in [4.69, 9.17) is 4.42 Å². The lowest BCUT2D eigenvalue weighted by molar-refractivity contribution is 0.332. The van der Waals surface area contributed by atoms with E-state index in [1.165, 1.54) is 102 Å². The van der Waals surface area contributed by atoms with E-state index in [0.29, 0.717) is 0 Å². The van der Waals surface area contributed by atoms with Crippen molar-refractivity contribution in [2.75, 3.05) is 14.7 Å². The number of rotatable bonds is 5. The van der Waals surface area contributed by atoms with Gasteiger partial charge in [-0.3, -0.25) is 0 Å². The molecule has 0 N–H and O–H groups in total. The zero-order valence-corrected chi connectivity index (χ0v) is 48.8. The van der Waals surface area contributed by atoms with Crippen LogP contribution in [0, 0.1) is 0 Å². The molecule has 8 aromatic rings. The highest BCUT2D eigenvalue weighted by Crippen LogP contribution is 2.55. The molecule has 3 aliphatic carbocycles. The van der Waals surface area contributed by atoms with Crippen molar-refractivity contribution in [3.05, 3.63) is 178 Å². The predicted octanol–water partition coefficient (Wildman–Crippen LogP) is 18.3. The number of benzene rings is 7. The van der Waals surface area contributed by atoms with E-state index in [-0.39, 0.29) is 44.6 Å². The van der Waals surface area contributed by atoms with Crippen molar-refractivity contribution in [2.24, 2.45) is 0 Å². The van der Waals surface area contributed by atoms with Gasteiger partial charge in [-0.2, -0.15) is 0 Å². The molecule has 4 nitrogen and oxygen atoms in total. The van der Waals surface area contributed by atoms with Gasteiger partial charge in [0, 0.05) is 50.9 Å². The van der Waals surface area contributed by atoms with Gasteiger partial charge in [0.2, 0.25) is 0 Å². The minimum Gasteiger partial charge on any atom is -0.468 e. The third-order valence-corrected chi connectivity index (χ3v) is 20.0. The first-order chi connectivity index (χ1) is 36.3. The maximum atomic E-state index is 7.77. The maximum absolute atomic E-state index is 7.77. The molecule has 0 atom stereocenters. The number of furan rings is 1. The number of nitrogens with zero attached hydrogens (tertiary/aromatic N) is 3. The molecule has 392 valence electrons. The molecular formula is C72H80BN3O. The van der Waals surface area contributed by atoms with Crippen molar-refractivity contribution >= 4 is 85.5 Å². The third kappa shape index (κ3) is 7.66. The second-order valence-electron chi connectivity index (χ2n) is 29.0. The molecule has 0 saturated carbocycles. The average molecular weight is 1010 g/mol. The van der Waals surface area contributed by atoms with E-state index < -0.39 is 0 Å². The minimum atomic E-state index is -0.186. The van der Waals surface area contributed by atoms with Gasteiger partial charge in [0.25, 0.3) is 6.71 Å². The Morgan fingerprint density at radius 1 is 0.429 bits per heavy atom. The molecule has 2 aliphatic heterocycles. The summed E-state index contributed by atoms with van der Waals surface area (Å²) in [5.41, 5.74) is 25.3. The number of anilines is 9. The van der Waals surface area contributed by atoms with Crippen LogP contribution in [0.3, 0.4) is 0 Å². The van der Waals surface area contributed by atoms with Crippen LogP contribution >= 0.6 is 0 Å². The molecule has 0 unspecified atom stereocenters. The maximum Gasteiger partial charge on any atom is 0.297 e. The van der Waals surface area contributed by atoms with Gasteiger partial charge < -0.3 is 19.1 Å². The van der Waals surface area contributed by atoms with Crippen LogP contribution < -0.4 is 31.3 Å². The fourth-order valence-electron chi connectivity index (χ4n) is 14.7. The van der Waals surface area contributed by atoms with Crippen molar-refractivity contribution in [1.29, 1.82) is 0 Å². The number of hydrogen-bond acceptors (Lipinski definition) is 4. The Bertz CT molecular complexity index is 3670. The van der Waals surface area contributed by atoms with Crippen molar-refractivity contribution in [2.45, 2.75) is 180 Å². The Labute approximate surface area is 461 Å². The van der Waals surface area contributed by atoms with Crippen molar-refractivity contribution in [1.82, 2.24) is 0 Å². The molecule has 0 bridgehead atoms. The van der Waals surface area contributed by atoms with Crippen LogP contribution in [0.15, 0.2) is 144 Å². The fourth-order valence-corrected chi connectivity index (χ4v) is 14.7. The van der Waals surface area contributed by atoms with Gasteiger partial charge in [-0.25, -0.2) is 0 Å². The van der Waals surface area contributed by atoms with Crippen LogP contribution in [-0.4, -0.2) is 6.71 Å². The fraction of sp³-hybridized carbons (Fsp3) is 0.389. The van der Waals surface area contributed by atoms with Crippen molar-refractivity contribution < 1.29 is 4.42 Å². The zero-order valence-electron chi connectivity index (χ0n) is 48.8. The number of para-hydroxylation sites is 2. The molecule has 5 aliphatic rings. The molecule has 0 saturated heterocycles. The van der Waals surface area contributed by atoms with Crippen LogP contribution in [0.4, 0.5) is 51.2 Å². The number of fused-ring (bicyclic) bond motifs is 9. The third-order valence-electron chi connectivity index (χ3n) is 20.0. The van der Waals surface area contributed by atoms with Gasteiger partial charge in [-0.1, -0.05) is 158 Å². The quantitative estimate of drug-likeness (QED) is 0.160. The second-order valence-corrected chi connectivity index (χ2v) is 29.0. The molecule has 0 fully saturated rings. The number of hydrogen-bond donors (Lipinski definition) is 0. The molecule has 1 aromatic heterocycles. The summed E-state index contributed by atoms with van der Waals surface area (Å²) in [6.45, 7) is 36.4. The molecule has 5 heteroatoms. The summed E-state index contributed by atoms with van der Waals surface area (Å²) in [6, 6.07) is 54.2. The summed E-state index contributed by atoms with van der Waals surface area (Å²) in [5, 5.41) is 1.20. The van der Waals surface area contributed by atoms with Gasteiger partial charge in [-0.05, 0) is 211 Å². The highest BCUT2D eigenvalue weighted by molar-refractivity contribution is 7.00. The molecule has 0 radical (unpaired) electrons. The van der Waals surface area contributed by atoms with E-state index in [1.54, 1.807) is 0 Å². The van der Waals surface area contributed by atoms with Gasteiger partial charge >= 0.3 is 0 Å². The summed E-state index contributed by atoms with van der Waals surface area (Å²) in [7, 11) is 0. The largest absolute Gasteiger partial charge is 0.468 e. The molecular weight excluding hydrogens is 934 g/mol. The van der Waals surface area contributed by atoms with Gasteiger partial charge in [-0.15, -0.1) is 0 Å². The van der Waals surface area contributed by atoms with E-state index in [2.05, 4.69) is 258 Å². The first-order valence-electron chi connectivity index (χ1n) is 29.0. The monoisotopic (exact) mass is 1010 g/mol.